The summed E-state index contributed by atoms with van der Waals surface area (Å²) in [5, 5.41) is 16.0. The number of aliphatic carboxylic acids is 1. The molecule has 0 aromatic carbocycles. The zero-order valence-electron chi connectivity index (χ0n) is 7.67. The van der Waals surface area contributed by atoms with Crippen molar-refractivity contribution < 1.29 is 23.4 Å². The molecule has 1 aliphatic carbocycles. The van der Waals surface area contributed by atoms with E-state index in [1.54, 1.807) is 0 Å². The van der Waals surface area contributed by atoms with Gasteiger partial charge in [0.1, 0.15) is 0 Å². The van der Waals surface area contributed by atoms with E-state index in [0.717, 1.165) is 6.92 Å². The van der Waals surface area contributed by atoms with Crippen molar-refractivity contribution in [2.45, 2.75) is 37.2 Å². The minimum Gasteiger partial charge on any atom is -0.480 e. The third kappa shape index (κ3) is 2.43. The van der Waals surface area contributed by atoms with Gasteiger partial charge in [0.2, 0.25) is 10.0 Å². The summed E-state index contributed by atoms with van der Waals surface area (Å²) < 4.78 is 24.9. The Morgan fingerprint density at radius 3 is 2.36 bits per heavy atom. The third-order valence-electron chi connectivity index (χ3n) is 2.26. The molecule has 0 heterocycles. The van der Waals surface area contributed by atoms with Crippen LogP contribution < -0.4 is 4.72 Å². The third-order valence-corrected chi connectivity index (χ3v) is 4.05. The first-order valence-corrected chi connectivity index (χ1v) is 5.79. The fourth-order valence-electron chi connectivity index (χ4n) is 1.15. The lowest BCUT2D eigenvalue weighted by atomic mass is 9.91. The Hall–Kier alpha value is -0.660. The molecule has 1 fully saturated rings. The van der Waals surface area contributed by atoms with Crippen molar-refractivity contribution in [3.05, 3.63) is 0 Å². The number of hydrogen-bond donors (Lipinski definition) is 3. The molecule has 0 aromatic rings. The average Bonchev–Trinajstić information content (AvgIpc) is 1.99. The van der Waals surface area contributed by atoms with Crippen molar-refractivity contribution in [2.75, 3.05) is 0 Å². The minimum absolute atomic E-state index is 0.322. The summed E-state index contributed by atoms with van der Waals surface area (Å²) in [4.78, 5) is 10.4. The van der Waals surface area contributed by atoms with E-state index in [1.165, 1.54) is 0 Å². The topological polar surface area (TPSA) is 104 Å². The molecule has 0 saturated heterocycles. The van der Waals surface area contributed by atoms with Gasteiger partial charge in [0, 0.05) is 6.04 Å². The Balaban J connectivity index is 2.54. The quantitative estimate of drug-likeness (QED) is 0.561. The molecular formula is C7H13NO5S. The van der Waals surface area contributed by atoms with Crippen LogP contribution >= 0.6 is 0 Å². The highest BCUT2D eigenvalue weighted by molar-refractivity contribution is 7.90. The summed E-state index contributed by atoms with van der Waals surface area (Å²) in [6, 6.07) is -0.322. The molecule has 3 N–H and O–H groups in total. The maximum atomic E-state index is 11.3. The predicted molar refractivity (Wildman–Crippen MR) is 48.2 cm³/mol. The summed E-state index contributed by atoms with van der Waals surface area (Å²) >= 11 is 0. The summed E-state index contributed by atoms with van der Waals surface area (Å²) in [6.45, 7) is 1.11. The molecule has 7 heteroatoms. The van der Waals surface area contributed by atoms with E-state index in [0.29, 0.717) is 12.8 Å². The maximum Gasteiger partial charge on any atom is 0.323 e. The van der Waals surface area contributed by atoms with Crippen LogP contribution in [0.1, 0.15) is 19.8 Å². The second kappa shape index (κ2) is 3.84. The second-order valence-electron chi connectivity index (χ2n) is 3.47. The van der Waals surface area contributed by atoms with Gasteiger partial charge in [-0.3, -0.25) is 4.79 Å². The van der Waals surface area contributed by atoms with Gasteiger partial charge in [0.05, 0.1) is 6.10 Å². The number of nitrogens with one attached hydrogen (secondary N) is 1. The Morgan fingerprint density at radius 1 is 1.50 bits per heavy atom. The number of carboxylic acids is 1. The zero-order valence-corrected chi connectivity index (χ0v) is 8.49. The minimum atomic E-state index is -3.80. The van der Waals surface area contributed by atoms with Gasteiger partial charge < -0.3 is 10.2 Å². The lowest BCUT2D eigenvalue weighted by Gasteiger charge is -2.32. The fourth-order valence-corrected chi connectivity index (χ4v) is 2.28. The van der Waals surface area contributed by atoms with Gasteiger partial charge in [-0.1, -0.05) is 0 Å². The van der Waals surface area contributed by atoms with Crippen LogP contribution in [0.3, 0.4) is 0 Å². The summed E-state index contributed by atoms with van der Waals surface area (Å²) in [5.41, 5.74) is 0. The van der Waals surface area contributed by atoms with Crippen LogP contribution in [0, 0.1) is 0 Å². The van der Waals surface area contributed by atoms with Crippen LogP contribution in [0.5, 0.6) is 0 Å². The number of sulfonamides is 1. The lowest BCUT2D eigenvalue weighted by molar-refractivity contribution is -0.136. The first kappa shape index (κ1) is 11.4. The van der Waals surface area contributed by atoms with Gasteiger partial charge in [0.25, 0.3) is 0 Å². The highest BCUT2D eigenvalue weighted by Crippen LogP contribution is 2.20. The number of carbonyl (C=O) groups is 1. The van der Waals surface area contributed by atoms with E-state index in [4.69, 9.17) is 10.2 Å². The Bertz CT molecular complexity index is 319. The molecule has 1 rings (SSSR count). The average molecular weight is 223 g/mol. The first-order chi connectivity index (χ1) is 6.33. The largest absolute Gasteiger partial charge is 0.480 e. The molecule has 6 nitrogen and oxygen atoms in total. The first-order valence-electron chi connectivity index (χ1n) is 4.25. The van der Waals surface area contributed by atoms with Crippen LogP contribution in [0.2, 0.25) is 0 Å². The highest BCUT2D eigenvalue weighted by Gasteiger charge is 2.35. The molecule has 1 aliphatic rings. The molecule has 0 aromatic heterocycles. The number of aliphatic hydroxyl groups excluding tert-OH is 1. The fraction of sp³-hybridized carbons (Fsp3) is 0.857. The molecule has 0 radical (unpaired) electrons. The van der Waals surface area contributed by atoms with Gasteiger partial charge in [-0.15, -0.1) is 0 Å². The van der Waals surface area contributed by atoms with E-state index >= 15 is 0 Å². The van der Waals surface area contributed by atoms with Crippen molar-refractivity contribution in [1.29, 1.82) is 0 Å². The predicted octanol–water partition coefficient (Wildman–Crippen LogP) is -1.10. The molecule has 1 saturated carbocycles. The van der Waals surface area contributed by atoms with Crippen molar-refractivity contribution in [3.63, 3.8) is 0 Å². The van der Waals surface area contributed by atoms with Gasteiger partial charge in [-0.25, -0.2) is 13.1 Å². The monoisotopic (exact) mass is 223 g/mol. The van der Waals surface area contributed by atoms with Crippen molar-refractivity contribution in [3.8, 4) is 0 Å². The van der Waals surface area contributed by atoms with Crippen LogP contribution in [-0.4, -0.2) is 42.0 Å². The van der Waals surface area contributed by atoms with Gasteiger partial charge in [0.15, 0.2) is 5.25 Å². The number of hydrogen-bond acceptors (Lipinski definition) is 4. The van der Waals surface area contributed by atoms with Crippen LogP contribution in [-0.2, 0) is 14.8 Å². The molecule has 0 amide bonds. The summed E-state index contributed by atoms with van der Waals surface area (Å²) in [6.07, 6.45) is 0.236. The summed E-state index contributed by atoms with van der Waals surface area (Å²) in [5.74, 6) is -1.38. The van der Waals surface area contributed by atoms with Crippen LogP contribution in [0.15, 0.2) is 0 Å². The molecule has 0 spiro atoms. The Labute approximate surface area is 82.0 Å². The van der Waals surface area contributed by atoms with E-state index in [1.807, 2.05) is 0 Å². The van der Waals surface area contributed by atoms with Gasteiger partial charge in [-0.2, -0.15) is 0 Å². The Kier molecular flexibility index (Phi) is 3.13. The summed E-state index contributed by atoms with van der Waals surface area (Å²) in [7, 11) is -3.80. The van der Waals surface area contributed by atoms with E-state index < -0.39 is 27.3 Å². The Morgan fingerprint density at radius 2 is 2.00 bits per heavy atom. The molecule has 14 heavy (non-hydrogen) atoms. The van der Waals surface area contributed by atoms with E-state index in [-0.39, 0.29) is 6.04 Å². The highest BCUT2D eigenvalue weighted by atomic mass is 32.2. The smallest absolute Gasteiger partial charge is 0.323 e. The molecule has 1 unspecified atom stereocenters. The molecule has 1 atom stereocenters. The van der Waals surface area contributed by atoms with Crippen LogP contribution in [0.4, 0.5) is 0 Å². The number of carboxylic acid groups (broad SMARTS) is 1. The standard InChI is InChI=1S/C7H13NO5S/c1-4(7(10)11)14(12,13)8-5-2-6(9)3-5/h4-6,8-9H,2-3H2,1H3,(H,10,11). The number of aliphatic hydroxyl groups is 1. The number of rotatable bonds is 4. The molecule has 0 bridgehead atoms. The van der Waals surface area contributed by atoms with Gasteiger partial charge >= 0.3 is 5.97 Å². The van der Waals surface area contributed by atoms with Gasteiger partial charge in [-0.05, 0) is 19.8 Å². The SMILES string of the molecule is CC(C(=O)O)S(=O)(=O)NC1CC(O)C1. The normalized spacial score (nSPS) is 29.3. The maximum absolute atomic E-state index is 11.3. The molecule has 82 valence electrons. The second-order valence-corrected chi connectivity index (χ2v) is 5.50. The van der Waals surface area contributed by atoms with E-state index in [9.17, 15) is 13.2 Å². The lowest BCUT2D eigenvalue weighted by Crippen LogP contribution is -2.50. The van der Waals surface area contributed by atoms with Crippen LogP contribution in [0.25, 0.3) is 0 Å². The zero-order chi connectivity index (χ0) is 10.9. The van der Waals surface area contributed by atoms with E-state index in [2.05, 4.69) is 4.72 Å². The van der Waals surface area contributed by atoms with Crippen molar-refractivity contribution >= 4 is 16.0 Å². The van der Waals surface area contributed by atoms with Crippen molar-refractivity contribution in [2.24, 2.45) is 0 Å². The molecular weight excluding hydrogens is 210 g/mol. The van der Waals surface area contributed by atoms with Crippen molar-refractivity contribution in [1.82, 2.24) is 4.72 Å². The molecule has 0 aliphatic heterocycles.